The van der Waals surface area contributed by atoms with Crippen LogP contribution in [0, 0.1) is 0 Å². The number of nitrogens with zero attached hydrogens (tertiary/aromatic N) is 2. The van der Waals surface area contributed by atoms with Crippen molar-refractivity contribution < 1.29 is 14.3 Å². The van der Waals surface area contributed by atoms with E-state index in [0.717, 1.165) is 56.1 Å². The number of carbonyl (C=O) groups excluding carboxylic acids is 1. The standard InChI is InChI=1S/C25H33N3O3/c1-30-23-12-11-20(16-24(23)31-22-9-5-6-10-22)27-13-14-28(18-25(26)29)21(17-27)15-19-7-3-2-4-8-19/h2-4,7-8,11-12,16,21-22H,5-6,9-10,13-15,17-18H2,1H3,(H2,26,29)/t21-/m0/s1. The molecule has 6 nitrogen and oxygen atoms in total. The second kappa shape index (κ2) is 10.1. The number of rotatable bonds is 8. The number of piperazine rings is 1. The van der Waals surface area contributed by atoms with Gasteiger partial charge in [-0.2, -0.15) is 0 Å². The molecule has 1 aliphatic carbocycles. The first kappa shape index (κ1) is 21.5. The number of carbonyl (C=O) groups is 1. The number of anilines is 1. The van der Waals surface area contributed by atoms with E-state index in [-0.39, 0.29) is 18.1 Å². The summed E-state index contributed by atoms with van der Waals surface area (Å²) in [6, 6.07) is 16.9. The number of amides is 1. The summed E-state index contributed by atoms with van der Waals surface area (Å²) >= 11 is 0. The second-order valence-corrected chi connectivity index (χ2v) is 8.59. The average Bonchev–Trinajstić information content (AvgIpc) is 3.28. The van der Waals surface area contributed by atoms with Crippen LogP contribution in [0.2, 0.25) is 0 Å². The second-order valence-electron chi connectivity index (χ2n) is 8.59. The third-order valence-corrected chi connectivity index (χ3v) is 6.39. The van der Waals surface area contributed by atoms with Crippen LogP contribution in [-0.4, -0.2) is 56.2 Å². The Bertz CT molecular complexity index is 868. The minimum Gasteiger partial charge on any atom is -0.493 e. The van der Waals surface area contributed by atoms with Crippen molar-refractivity contribution in [1.82, 2.24) is 4.90 Å². The van der Waals surface area contributed by atoms with E-state index in [1.54, 1.807) is 7.11 Å². The molecule has 0 aromatic heterocycles. The van der Waals surface area contributed by atoms with Gasteiger partial charge in [-0.25, -0.2) is 0 Å². The van der Waals surface area contributed by atoms with Crippen molar-refractivity contribution in [3.8, 4) is 11.5 Å². The summed E-state index contributed by atoms with van der Waals surface area (Å²) in [5.74, 6) is 1.33. The molecule has 0 bridgehead atoms. The number of methoxy groups -OCH3 is 1. The summed E-state index contributed by atoms with van der Waals surface area (Å²) in [5.41, 5.74) is 7.93. The Kier molecular flexibility index (Phi) is 6.97. The van der Waals surface area contributed by atoms with E-state index < -0.39 is 0 Å². The molecule has 2 aliphatic rings. The molecule has 31 heavy (non-hydrogen) atoms. The summed E-state index contributed by atoms with van der Waals surface area (Å²) in [6.45, 7) is 2.76. The lowest BCUT2D eigenvalue weighted by atomic mass is 10.0. The summed E-state index contributed by atoms with van der Waals surface area (Å²) in [6.07, 6.45) is 5.84. The molecule has 0 unspecified atom stereocenters. The normalized spacial score (nSPS) is 20.0. The molecule has 166 valence electrons. The van der Waals surface area contributed by atoms with E-state index in [9.17, 15) is 4.79 Å². The van der Waals surface area contributed by atoms with E-state index in [4.69, 9.17) is 15.2 Å². The number of ether oxygens (including phenoxy) is 2. The monoisotopic (exact) mass is 423 g/mol. The Balaban J connectivity index is 1.52. The fraction of sp³-hybridized carbons (Fsp3) is 0.480. The Morgan fingerprint density at radius 2 is 1.84 bits per heavy atom. The molecule has 1 atom stereocenters. The lowest BCUT2D eigenvalue weighted by Crippen LogP contribution is -2.56. The lowest BCUT2D eigenvalue weighted by molar-refractivity contribution is -0.119. The molecule has 0 spiro atoms. The van der Waals surface area contributed by atoms with Crippen molar-refractivity contribution in [3.05, 3.63) is 54.1 Å². The van der Waals surface area contributed by atoms with Crippen LogP contribution in [0.4, 0.5) is 5.69 Å². The zero-order chi connectivity index (χ0) is 21.6. The van der Waals surface area contributed by atoms with Gasteiger partial charge in [0.25, 0.3) is 0 Å². The molecular formula is C25H33N3O3. The zero-order valence-electron chi connectivity index (χ0n) is 18.3. The molecule has 1 saturated carbocycles. The Labute approximate surface area is 184 Å². The van der Waals surface area contributed by atoms with Crippen LogP contribution in [0.25, 0.3) is 0 Å². The molecule has 1 amide bonds. The van der Waals surface area contributed by atoms with Crippen LogP contribution in [0.1, 0.15) is 31.2 Å². The quantitative estimate of drug-likeness (QED) is 0.706. The number of primary amides is 1. The van der Waals surface area contributed by atoms with Crippen molar-refractivity contribution in [3.63, 3.8) is 0 Å². The Morgan fingerprint density at radius 1 is 1.06 bits per heavy atom. The first-order chi connectivity index (χ1) is 15.1. The van der Waals surface area contributed by atoms with Gasteiger partial charge in [0.2, 0.25) is 5.91 Å². The Hall–Kier alpha value is -2.73. The van der Waals surface area contributed by atoms with E-state index in [1.165, 1.54) is 18.4 Å². The molecule has 1 saturated heterocycles. The predicted molar refractivity (Wildman–Crippen MR) is 123 cm³/mol. The van der Waals surface area contributed by atoms with Crippen molar-refractivity contribution >= 4 is 11.6 Å². The van der Waals surface area contributed by atoms with Gasteiger partial charge in [-0.3, -0.25) is 9.69 Å². The van der Waals surface area contributed by atoms with Gasteiger partial charge in [0.05, 0.1) is 19.8 Å². The van der Waals surface area contributed by atoms with E-state index in [1.807, 2.05) is 12.1 Å². The maximum atomic E-state index is 11.6. The van der Waals surface area contributed by atoms with Gasteiger partial charge in [-0.05, 0) is 49.8 Å². The predicted octanol–water partition coefficient (Wildman–Crippen LogP) is 3.24. The molecule has 2 aromatic rings. The lowest BCUT2D eigenvalue weighted by Gasteiger charge is -2.42. The minimum absolute atomic E-state index is 0.213. The van der Waals surface area contributed by atoms with Gasteiger partial charge >= 0.3 is 0 Å². The highest BCUT2D eigenvalue weighted by Crippen LogP contribution is 2.35. The molecular weight excluding hydrogens is 390 g/mol. The third kappa shape index (κ3) is 5.50. The number of hydrogen-bond donors (Lipinski definition) is 1. The van der Waals surface area contributed by atoms with Crippen LogP contribution in [0.5, 0.6) is 11.5 Å². The molecule has 0 radical (unpaired) electrons. The fourth-order valence-corrected chi connectivity index (χ4v) is 4.76. The minimum atomic E-state index is -0.275. The summed E-state index contributed by atoms with van der Waals surface area (Å²) < 4.78 is 11.9. The molecule has 1 aliphatic heterocycles. The highest BCUT2D eigenvalue weighted by molar-refractivity contribution is 5.76. The topological polar surface area (TPSA) is 68.0 Å². The molecule has 2 fully saturated rings. The first-order valence-electron chi connectivity index (χ1n) is 11.3. The molecule has 1 heterocycles. The highest BCUT2D eigenvalue weighted by atomic mass is 16.5. The zero-order valence-corrected chi connectivity index (χ0v) is 18.3. The van der Waals surface area contributed by atoms with Gasteiger partial charge < -0.3 is 20.1 Å². The largest absolute Gasteiger partial charge is 0.493 e. The smallest absolute Gasteiger partial charge is 0.231 e. The average molecular weight is 424 g/mol. The van der Waals surface area contributed by atoms with Gasteiger partial charge in [0.15, 0.2) is 11.5 Å². The van der Waals surface area contributed by atoms with Gasteiger partial charge in [0.1, 0.15) is 0 Å². The SMILES string of the molecule is COc1ccc(N2CCN(CC(N)=O)[C@@H](Cc3ccccc3)C2)cc1OC1CCCC1. The molecule has 4 rings (SSSR count). The van der Waals surface area contributed by atoms with Gasteiger partial charge in [-0.15, -0.1) is 0 Å². The summed E-state index contributed by atoms with van der Waals surface area (Å²) in [4.78, 5) is 16.2. The van der Waals surface area contributed by atoms with E-state index in [0.29, 0.717) is 6.54 Å². The van der Waals surface area contributed by atoms with Gasteiger partial charge in [-0.1, -0.05) is 30.3 Å². The van der Waals surface area contributed by atoms with Crippen molar-refractivity contribution in [2.24, 2.45) is 5.73 Å². The first-order valence-corrected chi connectivity index (χ1v) is 11.3. The van der Waals surface area contributed by atoms with Crippen LogP contribution in [0.15, 0.2) is 48.5 Å². The Morgan fingerprint density at radius 3 is 2.55 bits per heavy atom. The summed E-state index contributed by atoms with van der Waals surface area (Å²) in [5, 5.41) is 0. The van der Waals surface area contributed by atoms with E-state index in [2.05, 4.69) is 46.2 Å². The molecule has 6 heteroatoms. The van der Waals surface area contributed by atoms with Crippen LogP contribution in [0.3, 0.4) is 0 Å². The number of nitrogens with two attached hydrogens (primary N) is 1. The molecule has 2 aromatic carbocycles. The fourth-order valence-electron chi connectivity index (χ4n) is 4.76. The highest BCUT2D eigenvalue weighted by Gasteiger charge is 2.29. The summed E-state index contributed by atoms with van der Waals surface area (Å²) in [7, 11) is 1.69. The van der Waals surface area contributed by atoms with Crippen LogP contribution >= 0.6 is 0 Å². The van der Waals surface area contributed by atoms with Crippen molar-refractivity contribution in [2.45, 2.75) is 44.2 Å². The van der Waals surface area contributed by atoms with Gasteiger partial charge in [0, 0.05) is 37.4 Å². The van der Waals surface area contributed by atoms with E-state index >= 15 is 0 Å². The molecule has 2 N–H and O–H groups in total. The van der Waals surface area contributed by atoms with Crippen LogP contribution < -0.4 is 20.1 Å². The maximum Gasteiger partial charge on any atom is 0.231 e. The van der Waals surface area contributed by atoms with Crippen molar-refractivity contribution in [1.29, 1.82) is 0 Å². The van der Waals surface area contributed by atoms with Crippen molar-refractivity contribution in [2.75, 3.05) is 38.2 Å². The maximum absolute atomic E-state index is 11.6. The third-order valence-electron chi connectivity index (χ3n) is 6.39. The van der Waals surface area contributed by atoms with Crippen LogP contribution in [-0.2, 0) is 11.2 Å². The number of hydrogen-bond acceptors (Lipinski definition) is 5. The number of benzene rings is 2.